The molecule has 18 unspecified atom stereocenters. The summed E-state index contributed by atoms with van der Waals surface area (Å²) in [7, 11) is 0. The molecule has 18 atom stereocenters. The van der Waals surface area contributed by atoms with Crippen LogP contribution < -0.4 is 10.6 Å². The fraction of sp³-hybridized carbons (Fsp3) is 0.943. The van der Waals surface area contributed by atoms with Crippen LogP contribution in [0.2, 0.25) is 0 Å². The average molecular weight is 1590 g/mol. The number of carboxylic acid groups (broad SMARTS) is 1. The number of aliphatic hydroxyl groups is 11. The van der Waals surface area contributed by atoms with E-state index in [9.17, 15) is 75.7 Å². The minimum Gasteiger partial charge on any atom is -0.477 e. The van der Waals surface area contributed by atoms with Crippen molar-refractivity contribution in [2.75, 3.05) is 26.4 Å². The minimum absolute atomic E-state index is 0.228. The van der Waals surface area contributed by atoms with Gasteiger partial charge in [-0.05, 0) is 38.5 Å². The van der Waals surface area contributed by atoms with Crippen LogP contribution in [0.5, 0.6) is 0 Å². The molecule has 0 bridgehead atoms. The monoisotopic (exact) mass is 1590 g/mol. The molecule has 0 aliphatic carbocycles. The van der Waals surface area contributed by atoms with E-state index >= 15 is 0 Å². The number of aliphatic carboxylic acids is 1. The van der Waals surface area contributed by atoms with E-state index in [0.717, 1.165) is 58.3 Å². The van der Waals surface area contributed by atoms with Gasteiger partial charge in [0.25, 0.3) is 5.79 Å². The first-order valence-electron chi connectivity index (χ1n) is 45.5. The van der Waals surface area contributed by atoms with Gasteiger partial charge in [-0.3, -0.25) is 9.59 Å². The SMILES string of the molecule is CCCCCCCCCCCCCC/C=C\CCCCCCCCCCCCCCCCCCCC(=O)NC(COC1OC(CO)C(OC2OC(CO)C(O)C(OC3(C(=O)O)CC(O)C(NC(C)=O)C(C(O)C(O)CO)O3)C2O)C(O)C1O)C(O)CCCCCCCCCCCCCCCCCCCCCCCCCC. The molecule has 0 saturated carbocycles. The molecule has 3 heterocycles. The lowest BCUT2D eigenvalue weighted by Gasteiger charge is -2.50. The first kappa shape index (κ1) is 103. The molecule has 3 saturated heterocycles. The summed E-state index contributed by atoms with van der Waals surface area (Å²) in [5.41, 5.74) is 0. The number of nitrogens with one attached hydrogen (secondary N) is 2. The van der Waals surface area contributed by atoms with Gasteiger partial charge in [0.1, 0.15) is 67.1 Å². The maximum Gasteiger partial charge on any atom is 0.364 e. The van der Waals surface area contributed by atoms with E-state index in [1.54, 1.807) is 0 Å². The van der Waals surface area contributed by atoms with Gasteiger partial charge >= 0.3 is 5.97 Å². The Labute approximate surface area is 671 Å². The number of carbonyl (C=O) groups is 3. The first-order valence-corrected chi connectivity index (χ1v) is 45.5. The standard InChI is InChI=1S/C88H166N2O21/c1-4-6-8-10-12-14-16-18-20-22-24-26-28-30-31-32-33-34-35-36-37-38-40-42-44-46-48-50-52-54-56-58-60-62-75(98)90-69(70(95)61-59-57-55-53-51-49-47-45-43-41-39-29-27-25-23-21-19-17-15-13-11-9-7-5-2)67-106-85-80(102)79(101)82(74(66-93)108-85)109-86-81(103)84(78(100)73(65-92)107-86)111-88(87(104)105)63-71(96)76(89-68(3)94)83(110-88)77(99)72(97)64-91/h30-31,69-74,76-86,91-93,95-97,99-103H,4-29,32-67H2,1-3H3,(H,89,94)(H,90,98)(H,104,105)/b31-30-. The van der Waals surface area contributed by atoms with Crippen LogP contribution in [0, 0.1) is 0 Å². The van der Waals surface area contributed by atoms with Gasteiger partial charge in [-0.2, -0.15) is 0 Å². The van der Waals surface area contributed by atoms with Gasteiger partial charge in [0.15, 0.2) is 12.6 Å². The number of hydrogen-bond donors (Lipinski definition) is 14. The Morgan fingerprint density at radius 2 is 0.838 bits per heavy atom. The smallest absolute Gasteiger partial charge is 0.364 e. The number of allylic oxidation sites excluding steroid dienone is 2. The lowest BCUT2D eigenvalue weighted by molar-refractivity contribution is -0.386. The Hall–Kier alpha value is -2.53. The Kier molecular flexibility index (Phi) is 61.4. The van der Waals surface area contributed by atoms with Crippen molar-refractivity contribution < 1.29 is 104 Å². The predicted octanol–water partition coefficient (Wildman–Crippen LogP) is 14.5. The third-order valence-electron chi connectivity index (χ3n) is 23.2. The summed E-state index contributed by atoms with van der Waals surface area (Å²) in [5.74, 6) is -6.09. The summed E-state index contributed by atoms with van der Waals surface area (Å²) in [6.45, 7) is 2.29. The second-order valence-corrected chi connectivity index (χ2v) is 33.2. The summed E-state index contributed by atoms with van der Waals surface area (Å²) >= 11 is 0. The zero-order chi connectivity index (χ0) is 81.0. The molecule has 0 spiro atoms. The van der Waals surface area contributed by atoms with E-state index in [0.29, 0.717) is 19.3 Å². The van der Waals surface area contributed by atoms with Crippen molar-refractivity contribution in [1.82, 2.24) is 10.6 Å². The van der Waals surface area contributed by atoms with Crippen molar-refractivity contribution in [2.24, 2.45) is 0 Å². The third-order valence-corrected chi connectivity index (χ3v) is 23.2. The third kappa shape index (κ3) is 45.3. The van der Waals surface area contributed by atoms with E-state index in [2.05, 4.69) is 36.6 Å². The number of amides is 2. The largest absolute Gasteiger partial charge is 0.477 e. The van der Waals surface area contributed by atoms with Crippen LogP contribution >= 0.6 is 0 Å². The molecule has 111 heavy (non-hydrogen) atoms. The van der Waals surface area contributed by atoms with E-state index in [1.165, 1.54) is 289 Å². The summed E-state index contributed by atoms with van der Waals surface area (Å²) in [4.78, 5) is 38.8. The molecule has 3 rings (SSSR count). The summed E-state index contributed by atoms with van der Waals surface area (Å²) < 4.78 is 35.1. The summed E-state index contributed by atoms with van der Waals surface area (Å²) in [5, 5.41) is 137. The average Bonchev–Trinajstić information content (AvgIpc) is 0.753. The molecule has 0 radical (unpaired) electrons. The normalized spacial score (nSPS) is 25.5. The number of aliphatic hydroxyl groups excluding tert-OH is 11. The number of unbranched alkanes of at least 4 members (excludes halogenated alkanes) is 52. The Balaban J connectivity index is 1.44. The second-order valence-electron chi connectivity index (χ2n) is 33.2. The zero-order valence-corrected chi connectivity index (χ0v) is 69.9. The Morgan fingerprint density at radius 3 is 1.22 bits per heavy atom. The van der Waals surface area contributed by atoms with Gasteiger partial charge in [0.2, 0.25) is 11.8 Å². The van der Waals surface area contributed by atoms with Gasteiger partial charge in [-0.1, -0.05) is 347 Å². The summed E-state index contributed by atoms with van der Waals surface area (Å²) in [6, 6.07) is -2.53. The van der Waals surface area contributed by atoms with Crippen molar-refractivity contribution in [1.29, 1.82) is 0 Å². The van der Waals surface area contributed by atoms with E-state index in [1.807, 2.05) is 0 Å². The lowest BCUT2D eigenvalue weighted by atomic mass is 9.88. The van der Waals surface area contributed by atoms with E-state index in [-0.39, 0.29) is 18.9 Å². The molecule has 654 valence electrons. The predicted molar refractivity (Wildman–Crippen MR) is 435 cm³/mol. The fourth-order valence-electron chi connectivity index (χ4n) is 16.1. The van der Waals surface area contributed by atoms with Gasteiger partial charge in [-0.25, -0.2) is 4.79 Å². The molecule has 0 aromatic heterocycles. The van der Waals surface area contributed by atoms with Gasteiger partial charge in [-0.15, -0.1) is 0 Å². The second kappa shape index (κ2) is 66.4. The number of ether oxygens (including phenoxy) is 6. The minimum atomic E-state index is -3.08. The van der Waals surface area contributed by atoms with Crippen LogP contribution in [-0.2, 0) is 42.8 Å². The molecule has 3 fully saturated rings. The molecule has 23 heteroatoms. The van der Waals surface area contributed by atoms with Crippen molar-refractivity contribution in [3.8, 4) is 0 Å². The highest BCUT2D eigenvalue weighted by molar-refractivity contribution is 5.77. The van der Waals surface area contributed by atoms with Crippen LogP contribution in [0.15, 0.2) is 12.2 Å². The number of rotatable bonds is 74. The molecule has 3 aliphatic heterocycles. The van der Waals surface area contributed by atoms with Crippen LogP contribution in [0.1, 0.15) is 393 Å². The van der Waals surface area contributed by atoms with Crippen molar-refractivity contribution in [3.63, 3.8) is 0 Å². The van der Waals surface area contributed by atoms with E-state index in [4.69, 9.17) is 28.4 Å². The Bertz CT molecular complexity index is 2240. The maximum absolute atomic E-state index is 13.6. The number of hydrogen-bond acceptors (Lipinski definition) is 20. The zero-order valence-electron chi connectivity index (χ0n) is 69.9. The van der Waals surface area contributed by atoms with Crippen LogP contribution in [0.3, 0.4) is 0 Å². The van der Waals surface area contributed by atoms with Gasteiger partial charge in [0.05, 0.1) is 50.7 Å². The highest BCUT2D eigenvalue weighted by atomic mass is 16.8. The first-order chi connectivity index (χ1) is 53.9. The fourth-order valence-corrected chi connectivity index (χ4v) is 16.1. The molecule has 0 aromatic carbocycles. The van der Waals surface area contributed by atoms with Crippen LogP contribution in [0.4, 0.5) is 0 Å². The lowest BCUT2D eigenvalue weighted by Crippen LogP contribution is -2.70. The highest BCUT2D eigenvalue weighted by Gasteiger charge is 2.60. The number of carboxylic acids is 1. The Morgan fingerprint density at radius 1 is 0.459 bits per heavy atom. The van der Waals surface area contributed by atoms with Crippen LogP contribution in [-0.4, -0.2) is 215 Å². The van der Waals surface area contributed by atoms with Crippen LogP contribution in [0.25, 0.3) is 0 Å². The molecule has 3 aliphatic rings. The summed E-state index contributed by atoms with van der Waals surface area (Å²) in [6.07, 6.45) is 46.5. The maximum atomic E-state index is 13.6. The molecule has 14 N–H and O–H groups in total. The topological polar surface area (TPSA) is 373 Å². The van der Waals surface area contributed by atoms with Gasteiger partial charge in [0, 0.05) is 19.8 Å². The molecule has 23 nitrogen and oxygen atoms in total. The van der Waals surface area contributed by atoms with Crippen molar-refractivity contribution in [3.05, 3.63) is 12.2 Å². The highest BCUT2D eigenvalue weighted by Crippen LogP contribution is 2.39. The molecular weight excluding hydrogens is 1420 g/mol. The van der Waals surface area contributed by atoms with Crippen molar-refractivity contribution in [2.45, 2.75) is 503 Å². The number of carbonyl (C=O) groups excluding carboxylic acids is 2. The van der Waals surface area contributed by atoms with Gasteiger partial charge < -0.3 is 100 Å². The molecule has 2 amide bonds. The van der Waals surface area contributed by atoms with Crippen molar-refractivity contribution >= 4 is 17.8 Å². The quantitative estimate of drug-likeness (QED) is 0.0199. The molecular formula is C88H166N2O21. The molecule has 0 aromatic rings. The van der Waals surface area contributed by atoms with E-state index < -0.39 is 148 Å².